The van der Waals surface area contributed by atoms with E-state index in [1.807, 2.05) is 18.2 Å². The van der Waals surface area contributed by atoms with E-state index in [1.54, 1.807) is 0 Å². The van der Waals surface area contributed by atoms with Crippen molar-refractivity contribution in [3.63, 3.8) is 0 Å². The van der Waals surface area contributed by atoms with Crippen molar-refractivity contribution in [3.8, 4) is 5.75 Å². The van der Waals surface area contributed by atoms with Crippen molar-refractivity contribution >= 4 is 35.2 Å². The molecule has 2 aromatic rings. The third kappa shape index (κ3) is 2.47. The molecule has 0 unspecified atom stereocenters. The molecular formula is C13H19BrN2OSi. The van der Waals surface area contributed by atoms with E-state index in [0.29, 0.717) is 0 Å². The highest BCUT2D eigenvalue weighted by molar-refractivity contribution is 9.10. The van der Waals surface area contributed by atoms with Gasteiger partial charge in [0.05, 0.1) is 5.52 Å². The van der Waals surface area contributed by atoms with Crippen LogP contribution in [-0.2, 0) is 0 Å². The van der Waals surface area contributed by atoms with E-state index in [1.165, 1.54) is 0 Å². The van der Waals surface area contributed by atoms with Crippen LogP contribution in [-0.4, -0.2) is 18.5 Å². The molecule has 0 amide bonds. The molecule has 98 valence electrons. The fourth-order valence-corrected chi connectivity index (χ4v) is 2.90. The molecule has 0 fully saturated rings. The Balaban J connectivity index is 2.35. The maximum Gasteiger partial charge on any atom is 0.250 e. The second kappa shape index (κ2) is 4.38. The first-order valence-electron chi connectivity index (χ1n) is 6.03. The smallest absolute Gasteiger partial charge is 0.250 e. The minimum Gasteiger partial charge on any atom is -0.543 e. The normalized spacial score (nSPS) is 13.0. The summed E-state index contributed by atoms with van der Waals surface area (Å²) in [5.41, 5.74) is 0.949. The van der Waals surface area contributed by atoms with E-state index in [-0.39, 0.29) is 5.04 Å². The van der Waals surface area contributed by atoms with Crippen LogP contribution in [0.1, 0.15) is 20.8 Å². The Morgan fingerprint density at radius 1 is 1.28 bits per heavy atom. The Morgan fingerprint density at radius 3 is 2.56 bits per heavy atom. The Morgan fingerprint density at radius 2 is 1.94 bits per heavy atom. The Hall–Kier alpha value is -0.813. The van der Waals surface area contributed by atoms with Crippen LogP contribution in [0.15, 0.2) is 22.8 Å². The summed E-state index contributed by atoms with van der Waals surface area (Å²) < 4.78 is 7.18. The molecule has 2 rings (SSSR count). The van der Waals surface area contributed by atoms with Gasteiger partial charge in [0.1, 0.15) is 10.4 Å². The van der Waals surface area contributed by atoms with E-state index in [2.05, 4.69) is 60.0 Å². The van der Waals surface area contributed by atoms with Crippen molar-refractivity contribution in [2.45, 2.75) is 38.9 Å². The molecule has 0 spiro atoms. The van der Waals surface area contributed by atoms with Crippen molar-refractivity contribution < 1.29 is 4.43 Å². The predicted octanol–water partition coefficient (Wildman–Crippen LogP) is 4.71. The van der Waals surface area contributed by atoms with Crippen molar-refractivity contribution in [3.05, 3.63) is 22.8 Å². The quantitative estimate of drug-likeness (QED) is 0.811. The standard InChI is InChI=1S/C13H19BrN2OSi/c1-13(2,3)18(4,5)17-9-6-7-11-10(8-9)12(14)16-15-11/h6-8H,1-5H3,(H,15,16). The first-order valence-corrected chi connectivity index (χ1v) is 9.73. The van der Waals surface area contributed by atoms with Gasteiger partial charge in [0.15, 0.2) is 0 Å². The Kier molecular flexibility index (Phi) is 3.31. The average molecular weight is 327 g/mol. The van der Waals surface area contributed by atoms with Gasteiger partial charge in [0, 0.05) is 5.39 Å². The zero-order chi connectivity index (χ0) is 13.6. The molecule has 0 bridgehead atoms. The summed E-state index contributed by atoms with van der Waals surface area (Å²) in [4.78, 5) is 0. The Labute approximate surface area is 117 Å². The van der Waals surface area contributed by atoms with Crippen LogP contribution in [0.25, 0.3) is 10.9 Å². The number of H-pyrrole nitrogens is 1. The molecule has 0 radical (unpaired) electrons. The van der Waals surface area contributed by atoms with E-state index >= 15 is 0 Å². The molecule has 0 saturated heterocycles. The molecule has 1 aromatic carbocycles. The molecule has 0 aliphatic rings. The van der Waals surface area contributed by atoms with Crippen LogP contribution < -0.4 is 4.43 Å². The molecule has 0 saturated carbocycles. The van der Waals surface area contributed by atoms with Crippen LogP contribution in [0.4, 0.5) is 0 Å². The van der Waals surface area contributed by atoms with Crippen LogP contribution >= 0.6 is 15.9 Å². The minimum atomic E-state index is -1.78. The summed E-state index contributed by atoms with van der Waals surface area (Å²) in [6, 6.07) is 6.03. The SMILES string of the molecule is CC(C)(C)[Si](C)(C)Oc1ccc2n[nH]c(Br)c2c1. The molecule has 0 atom stereocenters. The molecule has 1 N–H and O–H groups in total. The molecule has 0 aliphatic heterocycles. The number of fused-ring (bicyclic) bond motifs is 1. The minimum absolute atomic E-state index is 0.204. The lowest BCUT2D eigenvalue weighted by molar-refractivity contribution is 0.493. The summed E-state index contributed by atoms with van der Waals surface area (Å²) >= 11 is 3.46. The largest absolute Gasteiger partial charge is 0.543 e. The van der Waals surface area contributed by atoms with Gasteiger partial charge in [-0.05, 0) is 52.3 Å². The number of rotatable bonds is 2. The zero-order valence-electron chi connectivity index (χ0n) is 11.5. The number of hydrogen-bond acceptors (Lipinski definition) is 2. The van der Waals surface area contributed by atoms with Crippen LogP contribution in [0.2, 0.25) is 18.1 Å². The molecule has 0 aliphatic carbocycles. The summed E-state index contributed by atoms with van der Waals surface area (Å²) in [5, 5.41) is 8.37. The van der Waals surface area contributed by atoms with Crippen LogP contribution in [0, 0.1) is 0 Å². The molecular weight excluding hydrogens is 308 g/mol. The van der Waals surface area contributed by atoms with E-state index in [4.69, 9.17) is 4.43 Å². The highest BCUT2D eigenvalue weighted by Crippen LogP contribution is 2.38. The maximum absolute atomic E-state index is 6.28. The number of nitrogens with one attached hydrogen (secondary N) is 1. The van der Waals surface area contributed by atoms with Gasteiger partial charge in [-0.15, -0.1) is 0 Å². The van der Waals surface area contributed by atoms with Crippen molar-refractivity contribution in [2.75, 3.05) is 0 Å². The maximum atomic E-state index is 6.28. The molecule has 5 heteroatoms. The lowest BCUT2D eigenvalue weighted by Gasteiger charge is -2.36. The number of halogens is 1. The first-order chi connectivity index (χ1) is 8.21. The lowest BCUT2D eigenvalue weighted by atomic mass is 10.2. The van der Waals surface area contributed by atoms with Gasteiger partial charge in [-0.2, -0.15) is 5.10 Å². The number of hydrogen-bond donors (Lipinski definition) is 1. The lowest BCUT2D eigenvalue weighted by Crippen LogP contribution is -2.43. The van der Waals surface area contributed by atoms with Crippen LogP contribution in [0.3, 0.4) is 0 Å². The van der Waals surface area contributed by atoms with Gasteiger partial charge in [0.2, 0.25) is 8.32 Å². The van der Waals surface area contributed by atoms with Gasteiger partial charge in [-0.25, -0.2) is 0 Å². The topological polar surface area (TPSA) is 37.9 Å². The van der Waals surface area contributed by atoms with Crippen molar-refractivity contribution in [1.82, 2.24) is 10.2 Å². The number of benzene rings is 1. The molecule has 18 heavy (non-hydrogen) atoms. The van der Waals surface area contributed by atoms with Crippen molar-refractivity contribution in [2.24, 2.45) is 0 Å². The molecule has 1 aromatic heterocycles. The number of nitrogens with zero attached hydrogens (tertiary/aromatic N) is 1. The summed E-state index contributed by atoms with van der Waals surface area (Å²) in [6.45, 7) is 11.2. The Bertz CT molecular complexity index is 572. The number of aromatic amines is 1. The monoisotopic (exact) mass is 326 g/mol. The summed E-state index contributed by atoms with van der Waals surface area (Å²) in [5.74, 6) is 0.927. The number of aromatic nitrogens is 2. The van der Waals surface area contributed by atoms with E-state index in [0.717, 1.165) is 21.3 Å². The van der Waals surface area contributed by atoms with Gasteiger partial charge in [-0.1, -0.05) is 20.8 Å². The van der Waals surface area contributed by atoms with Gasteiger partial charge < -0.3 is 4.43 Å². The molecule has 1 heterocycles. The van der Waals surface area contributed by atoms with Gasteiger partial charge >= 0.3 is 0 Å². The van der Waals surface area contributed by atoms with Gasteiger partial charge in [-0.3, -0.25) is 5.10 Å². The second-order valence-electron chi connectivity index (χ2n) is 6.08. The van der Waals surface area contributed by atoms with E-state index in [9.17, 15) is 0 Å². The van der Waals surface area contributed by atoms with E-state index < -0.39 is 8.32 Å². The average Bonchev–Trinajstić information content (AvgIpc) is 2.58. The first kappa shape index (κ1) is 13.6. The fraction of sp³-hybridized carbons (Fsp3) is 0.462. The highest BCUT2D eigenvalue weighted by atomic mass is 79.9. The van der Waals surface area contributed by atoms with Gasteiger partial charge in [0.25, 0.3) is 0 Å². The third-order valence-corrected chi connectivity index (χ3v) is 8.62. The van der Waals surface area contributed by atoms with Crippen molar-refractivity contribution in [1.29, 1.82) is 0 Å². The zero-order valence-corrected chi connectivity index (χ0v) is 14.1. The summed E-state index contributed by atoms with van der Waals surface area (Å²) in [7, 11) is -1.78. The third-order valence-electron chi connectivity index (χ3n) is 3.66. The summed E-state index contributed by atoms with van der Waals surface area (Å²) in [6.07, 6.45) is 0. The molecule has 3 nitrogen and oxygen atoms in total. The predicted molar refractivity (Wildman–Crippen MR) is 81.6 cm³/mol. The fourth-order valence-electron chi connectivity index (χ4n) is 1.47. The second-order valence-corrected chi connectivity index (χ2v) is 11.6. The van der Waals surface area contributed by atoms with Crippen LogP contribution in [0.5, 0.6) is 5.75 Å². The highest BCUT2D eigenvalue weighted by Gasteiger charge is 2.38.